The molecule has 1 saturated heterocycles. The van der Waals surface area contributed by atoms with Crippen LogP contribution in [0.15, 0.2) is 84.4 Å². The molecule has 1 aliphatic rings. The van der Waals surface area contributed by atoms with Crippen LogP contribution in [0.2, 0.25) is 0 Å². The lowest BCUT2D eigenvalue weighted by molar-refractivity contribution is 0.0700. The number of benzene rings is 2. The highest BCUT2D eigenvalue weighted by Crippen LogP contribution is 2.25. The molecule has 1 aliphatic heterocycles. The van der Waals surface area contributed by atoms with Gasteiger partial charge in [-0.15, -0.1) is 0 Å². The Hall–Kier alpha value is -3.36. The molecule has 2 aromatic carbocycles. The van der Waals surface area contributed by atoms with Crippen molar-refractivity contribution in [1.29, 1.82) is 0 Å². The molecule has 2 atom stereocenters. The Labute approximate surface area is 263 Å². The van der Waals surface area contributed by atoms with Crippen LogP contribution in [0, 0.1) is 12.8 Å². The molecular weight excluding hydrogens is 552 g/mol. The fourth-order valence-electron chi connectivity index (χ4n) is 4.49. The summed E-state index contributed by atoms with van der Waals surface area (Å²) in [5.41, 5.74) is 4.17. The van der Waals surface area contributed by atoms with Crippen LogP contribution in [-0.4, -0.2) is 53.0 Å². The molecule has 2 unspecified atom stereocenters. The number of anilines is 2. The van der Waals surface area contributed by atoms with E-state index in [0.29, 0.717) is 18.1 Å². The van der Waals surface area contributed by atoms with Crippen molar-refractivity contribution in [2.45, 2.75) is 72.0 Å². The minimum atomic E-state index is 0.408. The first-order valence-corrected chi connectivity index (χ1v) is 16.7. The minimum absolute atomic E-state index is 0.408. The Kier molecular flexibility index (Phi) is 15.7. The van der Waals surface area contributed by atoms with Gasteiger partial charge in [0.15, 0.2) is 5.82 Å². The van der Waals surface area contributed by atoms with Gasteiger partial charge in [-0.1, -0.05) is 69.0 Å². The highest BCUT2D eigenvalue weighted by molar-refractivity contribution is 7.99. The Morgan fingerprint density at radius 3 is 2.49 bits per heavy atom. The number of ether oxygens (including phenoxy) is 1. The average Bonchev–Trinajstić information content (AvgIpc) is 3.42. The summed E-state index contributed by atoms with van der Waals surface area (Å²) >= 11 is 1.99. The average molecular weight is 603 g/mol. The Bertz CT molecular complexity index is 1220. The Balaban J connectivity index is 0.000000236. The zero-order chi connectivity index (χ0) is 30.7. The highest BCUT2D eigenvalue weighted by atomic mass is 32.2. The molecule has 0 amide bonds. The molecule has 1 fully saturated rings. The van der Waals surface area contributed by atoms with Crippen LogP contribution in [0.3, 0.4) is 0 Å². The molecule has 2 heterocycles. The summed E-state index contributed by atoms with van der Waals surface area (Å²) in [7, 11) is 0. The fraction of sp³-hybridized carbons (Fsp3) is 0.457. The first-order valence-electron chi connectivity index (χ1n) is 15.5. The van der Waals surface area contributed by atoms with E-state index in [1.807, 2.05) is 61.3 Å². The standard InChI is InChI=1S/C18H24N4.C17H26N2OS/c1-14(2)12-20-17-15(3)21-13-22-18(17)19-11-7-10-16-8-5-4-6-9-16;1-14-9-10-17(20-14)13-21-12-6-11-18-15(2)19-16-7-4-3-5-8-16/h4-6,8-9,12-14H,7,10-11H2,1-3H3,(H,19,21,22);3-5,7-8,14,17-19H,2,6,9-13H2,1H3. The zero-order valence-electron chi connectivity index (χ0n) is 26.4. The van der Waals surface area contributed by atoms with Gasteiger partial charge in [0.1, 0.15) is 12.0 Å². The van der Waals surface area contributed by atoms with E-state index in [4.69, 9.17) is 4.74 Å². The normalized spacial score (nSPS) is 16.1. The van der Waals surface area contributed by atoms with E-state index in [0.717, 1.165) is 66.8 Å². The zero-order valence-corrected chi connectivity index (χ0v) is 27.2. The molecule has 8 heteroatoms. The maximum absolute atomic E-state index is 5.81. The first-order chi connectivity index (χ1) is 20.9. The third kappa shape index (κ3) is 14.1. The number of nitrogens with zero attached hydrogens (tertiary/aromatic N) is 3. The van der Waals surface area contributed by atoms with Crippen LogP contribution in [-0.2, 0) is 11.2 Å². The molecule has 0 bridgehead atoms. The van der Waals surface area contributed by atoms with Gasteiger partial charge in [-0.25, -0.2) is 9.97 Å². The SMILES string of the molecule is C=C(NCCCSCC1CCC(C)O1)Nc1ccccc1.Cc1ncnc(NCCCc2ccccc2)c1N=CC(C)C. The van der Waals surface area contributed by atoms with Gasteiger partial charge >= 0.3 is 0 Å². The number of rotatable bonds is 16. The quantitative estimate of drug-likeness (QED) is 0.113. The molecule has 3 N–H and O–H groups in total. The van der Waals surface area contributed by atoms with E-state index >= 15 is 0 Å². The van der Waals surface area contributed by atoms with Crippen LogP contribution < -0.4 is 16.0 Å². The van der Waals surface area contributed by atoms with Gasteiger partial charge in [-0.3, -0.25) is 4.99 Å². The predicted molar refractivity (Wildman–Crippen MR) is 186 cm³/mol. The van der Waals surface area contributed by atoms with Gasteiger partial charge in [-0.2, -0.15) is 11.8 Å². The monoisotopic (exact) mass is 602 g/mol. The lowest BCUT2D eigenvalue weighted by atomic mass is 10.1. The van der Waals surface area contributed by atoms with Crippen molar-refractivity contribution >= 4 is 35.2 Å². The van der Waals surface area contributed by atoms with Gasteiger partial charge in [0.25, 0.3) is 0 Å². The van der Waals surface area contributed by atoms with Crippen molar-refractivity contribution in [2.24, 2.45) is 10.9 Å². The summed E-state index contributed by atoms with van der Waals surface area (Å²) in [5.74, 6) is 4.38. The summed E-state index contributed by atoms with van der Waals surface area (Å²) in [6.45, 7) is 14.2. The van der Waals surface area contributed by atoms with Gasteiger partial charge in [0.2, 0.25) is 0 Å². The van der Waals surface area contributed by atoms with E-state index in [1.54, 1.807) is 6.33 Å². The molecule has 1 aromatic heterocycles. The van der Waals surface area contributed by atoms with Crippen molar-refractivity contribution in [3.63, 3.8) is 0 Å². The number of hydrogen-bond acceptors (Lipinski definition) is 8. The maximum Gasteiger partial charge on any atom is 0.155 e. The summed E-state index contributed by atoms with van der Waals surface area (Å²) in [4.78, 5) is 13.1. The molecule has 0 radical (unpaired) electrons. The molecule has 0 spiro atoms. The number of hydrogen-bond donors (Lipinski definition) is 3. The van der Waals surface area contributed by atoms with Crippen LogP contribution in [0.1, 0.15) is 57.7 Å². The molecule has 4 rings (SSSR count). The topological polar surface area (TPSA) is 83.5 Å². The number of nitrogens with one attached hydrogen (secondary N) is 3. The smallest absolute Gasteiger partial charge is 0.155 e. The molecule has 43 heavy (non-hydrogen) atoms. The van der Waals surface area contributed by atoms with E-state index < -0.39 is 0 Å². The summed E-state index contributed by atoms with van der Waals surface area (Å²) in [5, 5.41) is 9.95. The lowest BCUT2D eigenvalue weighted by Gasteiger charge is -2.13. The largest absolute Gasteiger partial charge is 0.374 e. The molecule has 0 aliphatic carbocycles. The minimum Gasteiger partial charge on any atom is -0.374 e. The van der Waals surface area contributed by atoms with Crippen molar-refractivity contribution in [3.8, 4) is 0 Å². The predicted octanol–water partition coefficient (Wildman–Crippen LogP) is 8.04. The van der Waals surface area contributed by atoms with Gasteiger partial charge in [-0.05, 0) is 75.3 Å². The second-order valence-corrected chi connectivity index (χ2v) is 12.3. The summed E-state index contributed by atoms with van der Waals surface area (Å²) < 4.78 is 5.81. The molecule has 232 valence electrons. The second-order valence-electron chi connectivity index (χ2n) is 11.2. The van der Waals surface area contributed by atoms with Crippen LogP contribution in [0.25, 0.3) is 0 Å². The van der Waals surface area contributed by atoms with Crippen LogP contribution in [0.4, 0.5) is 17.2 Å². The second kappa shape index (κ2) is 19.8. The van der Waals surface area contributed by atoms with Gasteiger partial charge in [0, 0.05) is 30.7 Å². The van der Waals surface area contributed by atoms with Gasteiger partial charge < -0.3 is 20.7 Å². The molecule has 3 aromatic rings. The maximum atomic E-state index is 5.81. The lowest BCUT2D eigenvalue weighted by Crippen LogP contribution is -2.20. The number of aliphatic imine (C=N–C) groups is 1. The number of aromatic nitrogens is 2. The third-order valence-corrected chi connectivity index (χ3v) is 7.97. The van der Waals surface area contributed by atoms with Crippen molar-refractivity contribution in [3.05, 3.63) is 90.6 Å². The van der Waals surface area contributed by atoms with Crippen LogP contribution >= 0.6 is 11.8 Å². The summed E-state index contributed by atoms with van der Waals surface area (Å²) in [6.07, 6.45) is 10.2. The van der Waals surface area contributed by atoms with E-state index in [-0.39, 0.29) is 0 Å². The third-order valence-electron chi connectivity index (χ3n) is 6.78. The van der Waals surface area contributed by atoms with E-state index in [2.05, 4.69) is 82.5 Å². The van der Waals surface area contributed by atoms with Crippen molar-refractivity contribution in [1.82, 2.24) is 15.3 Å². The number of thioether (sulfide) groups is 1. The fourth-order valence-corrected chi connectivity index (χ4v) is 5.52. The van der Waals surface area contributed by atoms with Crippen molar-refractivity contribution < 1.29 is 4.74 Å². The van der Waals surface area contributed by atoms with Crippen LogP contribution in [0.5, 0.6) is 0 Å². The molecule has 7 nitrogen and oxygen atoms in total. The molecular formula is C35H50N6OS. The number of aryl methyl sites for hydroxylation is 2. The first kappa shape index (κ1) is 34.1. The number of para-hydroxylation sites is 1. The van der Waals surface area contributed by atoms with Crippen molar-refractivity contribution in [2.75, 3.05) is 35.2 Å². The highest BCUT2D eigenvalue weighted by Gasteiger charge is 2.21. The van der Waals surface area contributed by atoms with E-state index in [9.17, 15) is 0 Å². The molecule has 0 saturated carbocycles. The summed E-state index contributed by atoms with van der Waals surface area (Å²) in [6, 6.07) is 20.6. The Morgan fingerprint density at radius 2 is 1.79 bits per heavy atom. The van der Waals surface area contributed by atoms with E-state index in [1.165, 1.54) is 24.2 Å². The van der Waals surface area contributed by atoms with Gasteiger partial charge in [0.05, 0.1) is 23.7 Å². The Morgan fingerprint density at radius 1 is 1.05 bits per heavy atom.